The first-order valence-electron chi connectivity index (χ1n) is 9.52. The van der Waals surface area contributed by atoms with Crippen LogP contribution in [0.25, 0.3) is 0 Å². The molecule has 0 aromatic rings. The number of likely N-dealkylation sites (tertiary alicyclic amines) is 1. The van der Waals surface area contributed by atoms with Gasteiger partial charge in [0.25, 0.3) is 0 Å². The molecule has 1 aliphatic carbocycles. The van der Waals surface area contributed by atoms with Crippen LogP contribution in [0, 0.1) is 11.8 Å². The number of carbonyl (C=O) groups excluding carboxylic acids is 3. The largest absolute Gasteiger partial charge is 0.352 e. The molecule has 0 aromatic heterocycles. The number of fused-ring (bicyclic) bond motifs is 1. The van der Waals surface area contributed by atoms with Gasteiger partial charge in [0.2, 0.25) is 17.7 Å². The first-order chi connectivity index (χ1) is 11.6. The summed E-state index contributed by atoms with van der Waals surface area (Å²) in [5.41, 5.74) is -0.123. The molecule has 1 saturated carbocycles. The highest BCUT2D eigenvalue weighted by Crippen LogP contribution is 2.37. The second-order valence-corrected chi connectivity index (χ2v) is 9.33. The maximum absolute atomic E-state index is 12.5. The van der Waals surface area contributed by atoms with Gasteiger partial charge in [-0.2, -0.15) is 0 Å². The van der Waals surface area contributed by atoms with Crippen molar-refractivity contribution in [1.82, 2.24) is 15.5 Å². The molecule has 3 rings (SSSR count). The highest BCUT2D eigenvalue weighted by Gasteiger charge is 2.48. The number of hydrogen-bond acceptors (Lipinski definition) is 4. The minimum atomic E-state index is -0.223. The van der Waals surface area contributed by atoms with Crippen molar-refractivity contribution in [3.8, 4) is 0 Å². The Kier molecular flexibility index (Phi) is 4.69. The lowest BCUT2D eigenvalue weighted by Crippen LogP contribution is -2.62. The molecule has 2 saturated heterocycles. The molecule has 2 aliphatic heterocycles. The Bertz CT molecular complexity index is 544. The molecule has 3 aliphatic rings. The summed E-state index contributed by atoms with van der Waals surface area (Å²) in [4.78, 5) is 38.7. The fraction of sp³-hybridized carbons (Fsp3) is 0.842. The van der Waals surface area contributed by atoms with Crippen LogP contribution in [0.4, 0.5) is 0 Å². The van der Waals surface area contributed by atoms with Crippen LogP contribution in [0.3, 0.4) is 0 Å². The van der Waals surface area contributed by atoms with E-state index in [-0.39, 0.29) is 53.2 Å². The van der Waals surface area contributed by atoms with Gasteiger partial charge in [0, 0.05) is 17.1 Å². The molecule has 6 nitrogen and oxygen atoms in total. The number of imide groups is 1. The molecule has 2 heterocycles. The standard InChI is InChI=1S/C19H31N3O3/c1-18(2)9-12(10-19(3,4)21-18)20-15(23)11-22-16(24)13-7-5-6-8-14(13)17(22)25/h12-14,21H,5-11H2,1-4H3,(H,20,23)/t13-,14+. The molecular weight excluding hydrogens is 318 g/mol. The van der Waals surface area contributed by atoms with Crippen LogP contribution in [0.2, 0.25) is 0 Å². The minimum Gasteiger partial charge on any atom is -0.352 e. The number of rotatable bonds is 3. The number of carbonyl (C=O) groups is 3. The second kappa shape index (κ2) is 6.38. The molecule has 2 N–H and O–H groups in total. The van der Waals surface area contributed by atoms with Crippen molar-refractivity contribution in [3.63, 3.8) is 0 Å². The normalized spacial score (nSPS) is 31.8. The van der Waals surface area contributed by atoms with Crippen LogP contribution < -0.4 is 10.6 Å². The lowest BCUT2D eigenvalue weighted by Gasteiger charge is -2.46. The quantitative estimate of drug-likeness (QED) is 0.759. The van der Waals surface area contributed by atoms with Gasteiger partial charge >= 0.3 is 0 Å². The van der Waals surface area contributed by atoms with E-state index in [1.165, 1.54) is 4.90 Å². The van der Waals surface area contributed by atoms with E-state index >= 15 is 0 Å². The van der Waals surface area contributed by atoms with Gasteiger partial charge in [0.1, 0.15) is 6.54 Å². The van der Waals surface area contributed by atoms with E-state index in [0.717, 1.165) is 38.5 Å². The van der Waals surface area contributed by atoms with Gasteiger partial charge in [-0.05, 0) is 53.4 Å². The Morgan fingerprint density at radius 2 is 1.52 bits per heavy atom. The van der Waals surface area contributed by atoms with Crippen LogP contribution in [0.1, 0.15) is 66.2 Å². The van der Waals surface area contributed by atoms with Gasteiger partial charge in [-0.1, -0.05) is 12.8 Å². The fourth-order valence-electron chi connectivity index (χ4n) is 5.23. The van der Waals surface area contributed by atoms with Crippen molar-refractivity contribution in [2.75, 3.05) is 6.54 Å². The molecule has 0 radical (unpaired) electrons. The Morgan fingerprint density at radius 3 is 2.00 bits per heavy atom. The Hall–Kier alpha value is -1.43. The maximum Gasteiger partial charge on any atom is 0.240 e. The van der Waals surface area contributed by atoms with Gasteiger partial charge in [-0.15, -0.1) is 0 Å². The van der Waals surface area contributed by atoms with Crippen LogP contribution in [-0.4, -0.2) is 46.3 Å². The topological polar surface area (TPSA) is 78.5 Å². The highest BCUT2D eigenvalue weighted by atomic mass is 16.2. The molecule has 0 aromatic carbocycles. The molecule has 140 valence electrons. The van der Waals surface area contributed by atoms with E-state index < -0.39 is 0 Å². The van der Waals surface area contributed by atoms with Crippen LogP contribution in [0.15, 0.2) is 0 Å². The van der Waals surface area contributed by atoms with E-state index in [9.17, 15) is 14.4 Å². The monoisotopic (exact) mass is 349 g/mol. The van der Waals surface area contributed by atoms with Crippen molar-refractivity contribution < 1.29 is 14.4 Å². The molecule has 0 bridgehead atoms. The number of piperidine rings is 1. The Labute approximate surface area is 150 Å². The zero-order valence-corrected chi connectivity index (χ0v) is 15.9. The van der Waals surface area contributed by atoms with E-state index in [2.05, 4.69) is 38.3 Å². The third-order valence-corrected chi connectivity index (χ3v) is 5.79. The molecule has 25 heavy (non-hydrogen) atoms. The molecule has 2 atom stereocenters. The first kappa shape index (κ1) is 18.4. The lowest BCUT2D eigenvalue weighted by molar-refractivity contribution is -0.144. The summed E-state index contributed by atoms with van der Waals surface area (Å²) in [5.74, 6) is -0.887. The molecule has 3 fully saturated rings. The van der Waals surface area contributed by atoms with Crippen molar-refractivity contribution in [3.05, 3.63) is 0 Å². The van der Waals surface area contributed by atoms with E-state index in [4.69, 9.17) is 0 Å². The molecule has 0 unspecified atom stereocenters. The summed E-state index contributed by atoms with van der Waals surface area (Å²) >= 11 is 0. The average Bonchev–Trinajstić information content (AvgIpc) is 2.69. The van der Waals surface area contributed by atoms with E-state index in [0.29, 0.717) is 0 Å². The lowest BCUT2D eigenvalue weighted by atomic mass is 9.79. The van der Waals surface area contributed by atoms with E-state index in [1.807, 2.05) is 0 Å². The summed E-state index contributed by atoms with van der Waals surface area (Å²) in [6.07, 6.45) is 5.22. The number of amides is 3. The highest BCUT2D eigenvalue weighted by molar-refractivity contribution is 6.07. The van der Waals surface area contributed by atoms with Crippen molar-refractivity contribution in [2.45, 2.75) is 83.3 Å². The molecule has 0 spiro atoms. The molecule has 3 amide bonds. The van der Waals surface area contributed by atoms with Gasteiger partial charge in [-0.25, -0.2) is 0 Å². The summed E-state index contributed by atoms with van der Waals surface area (Å²) in [6.45, 7) is 8.39. The third-order valence-electron chi connectivity index (χ3n) is 5.79. The summed E-state index contributed by atoms with van der Waals surface area (Å²) in [5, 5.41) is 6.64. The van der Waals surface area contributed by atoms with Crippen LogP contribution in [-0.2, 0) is 14.4 Å². The van der Waals surface area contributed by atoms with Crippen molar-refractivity contribution >= 4 is 17.7 Å². The Morgan fingerprint density at radius 1 is 1.04 bits per heavy atom. The van der Waals surface area contributed by atoms with Crippen molar-refractivity contribution in [2.24, 2.45) is 11.8 Å². The number of nitrogens with zero attached hydrogens (tertiary/aromatic N) is 1. The predicted molar refractivity (Wildman–Crippen MR) is 94.6 cm³/mol. The van der Waals surface area contributed by atoms with Crippen molar-refractivity contribution in [1.29, 1.82) is 0 Å². The van der Waals surface area contributed by atoms with Gasteiger partial charge in [-0.3, -0.25) is 19.3 Å². The fourth-order valence-corrected chi connectivity index (χ4v) is 5.23. The van der Waals surface area contributed by atoms with Gasteiger partial charge in [0.15, 0.2) is 0 Å². The maximum atomic E-state index is 12.5. The average molecular weight is 349 g/mol. The van der Waals surface area contributed by atoms with Gasteiger partial charge in [0.05, 0.1) is 11.8 Å². The summed E-state index contributed by atoms with van der Waals surface area (Å²) in [7, 11) is 0. The second-order valence-electron chi connectivity index (χ2n) is 9.33. The SMILES string of the molecule is CC1(C)CC(NC(=O)CN2C(=O)[C@H]3CCCC[C@H]3C2=O)CC(C)(C)N1. The smallest absolute Gasteiger partial charge is 0.240 e. The first-order valence-corrected chi connectivity index (χ1v) is 9.52. The minimum absolute atomic E-state index is 0.0498. The molecule has 6 heteroatoms. The van der Waals surface area contributed by atoms with Crippen LogP contribution >= 0.6 is 0 Å². The zero-order valence-electron chi connectivity index (χ0n) is 15.9. The number of nitrogens with one attached hydrogen (secondary N) is 2. The Balaban J connectivity index is 1.61. The molecular formula is C19H31N3O3. The summed E-state index contributed by atoms with van der Waals surface area (Å²) < 4.78 is 0. The third kappa shape index (κ3) is 3.89. The number of hydrogen-bond donors (Lipinski definition) is 2. The van der Waals surface area contributed by atoms with Crippen LogP contribution in [0.5, 0.6) is 0 Å². The summed E-state index contributed by atoms with van der Waals surface area (Å²) in [6, 6.07) is 0.0498. The van der Waals surface area contributed by atoms with Gasteiger partial charge < -0.3 is 10.6 Å². The predicted octanol–water partition coefficient (Wildman–Crippen LogP) is 1.59. The zero-order chi connectivity index (χ0) is 18.4. The van der Waals surface area contributed by atoms with E-state index in [1.54, 1.807) is 0 Å².